The molecule has 1 saturated heterocycles. The zero-order valence-corrected chi connectivity index (χ0v) is 32.4. The Hall–Kier alpha value is -4.32. The number of amides is 4. The fourth-order valence-electron chi connectivity index (χ4n) is 7.32. The van der Waals surface area contributed by atoms with Crippen LogP contribution in [0.15, 0.2) is 55.5 Å². The van der Waals surface area contributed by atoms with Crippen LogP contribution in [0, 0.1) is 17.8 Å². The summed E-state index contributed by atoms with van der Waals surface area (Å²) in [5, 5.41) is 3.26. The fraction of sp³-hybridized carbons (Fsp3) is 0.486. The smallest absolute Gasteiger partial charge is 0.425 e. The van der Waals surface area contributed by atoms with Gasteiger partial charge in [0, 0.05) is 27.9 Å². The molecule has 4 unspecified atom stereocenters. The van der Waals surface area contributed by atoms with Crippen LogP contribution in [0.1, 0.15) is 52.5 Å². The second-order valence-electron chi connectivity index (χ2n) is 14.9. The van der Waals surface area contributed by atoms with Gasteiger partial charge in [0.2, 0.25) is 15.9 Å². The number of aromatic nitrogens is 2. The zero-order valence-electron chi connectivity index (χ0n) is 30.8. The van der Waals surface area contributed by atoms with Gasteiger partial charge < -0.3 is 15.2 Å². The van der Waals surface area contributed by atoms with Gasteiger partial charge in [0.15, 0.2) is 6.10 Å². The summed E-state index contributed by atoms with van der Waals surface area (Å²) in [6, 6.07) is 2.70. The van der Waals surface area contributed by atoms with Crippen LogP contribution in [-0.4, -0.2) is 83.3 Å². The number of carbonyl (C=O) groups excluding carboxylic acids is 3. The first-order valence-electron chi connectivity index (χ1n) is 17.8. The lowest BCUT2D eigenvalue weighted by molar-refractivity contribution is -0.789. The van der Waals surface area contributed by atoms with Crippen molar-refractivity contribution in [1.82, 2.24) is 15.3 Å². The van der Waals surface area contributed by atoms with E-state index in [0.29, 0.717) is 38.1 Å². The highest BCUT2D eigenvalue weighted by Gasteiger charge is 2.69. The number of alkyl halides is 3. The molecule has 3 aliphatic rings. The standard InChI is InChI=1S/C37H42ClF3N6O7S/c1-7-22-14-36(22,34(49)46(55(51,52)26-9-10-26)25-12-23(15-43-16-25)37(39,40)41)45-35(50)47(33(48)31(42)19(2)3)18-30(20(4)21(47)5)54-32-28-13-24(38)8-11-27(28)29(53-6)17-44-32/h7-8,11-13,15-17,19-22,26,30-31H,1,9-10,14,18,42H2,2-6H3/p+1/t20?,21?,22-,30+,31?,36-,47?/m1/s1. The Morgan fingerprint density at radius 1 is 1.15 bits per heavy atom. The summed E-state index contributed by atoms with van der Waals surface area (Å²) in [5.74, 6) is -3.00. The van der Waals surface area contributed by atoms with Crippen LogP contribution in [0.4, 0.5) is 23.7 Å². The Bertz CT molecular complexity index is 2170. The van der Waals surface area contributed by atoms with Crippen molar-refractivity contribution in [1.29, 1.82) is 0 Å². The molecular formula is C37H43ClF3N6O7S+. The topological polar surface area (TPSA) is 171 Å². The highest BCUT2D eigenvalue weighted by atomic mass is 35.5. The summed E-state index contributed by atoms with van der Waals surface area (Å²) >= 11 is 6.33. The van der Waals surface area contributed by atoms with Crippen LogP contribution in [0.25, 0.3) is 10.8 Å². The molecule has 296 valence electrons. The first kappa shape index (κ1) is 40.3. The number of nitrogens with zero attached hydrogens (tertiary/aromatic N) is 4. The number of fused-ring (bicyclic) bond motifs is 1. The summed E-state index contributed by atoms with van der Waals surface area (Å²) in [6.07, 6.45) is -1.30. The van der Waals surface area contributed by atoms with E-state index in [0.717, 1.165) is 6.20 Å². The molecule has 1 aromatic carbocycles. The number of urea groups is 1. The molecule has 18 heteroatoms. The first-order valence-corrected chi connectivity index (χ1v) is 19.6. The number of anilines is 1. The zero-order chi connectivity index (χ0) is 40.4. The molecule has 1 aliphatic heterocycles. The largest absolute Gasteiger partial charge is 0.494 e. The normalized spacial score (nSPS) is 27.0. The minimum absolute atomic E-state index is 0.138. The minimum Gasteiger partial charge on any atom is -0.494 e. The Labute approximate surface area is 321 Å². The Morgan fingerprint density at radius 3 is 2.42 bits per heavy atom. The summed E-state index contributed by atoms with van der Waals surface area (Å²) in [4.78, 5) is 52.2. The highest BCUT2D eigenvalue weighted by Crippen LogP contribution is 2.49. The van der Waals surface area contributed by atoms with Crippen molar-refractivity contribution in [2.24, 2.45) is 23.5 Å². The van der Waals surface area contributed by atoms with Crippen molar-refractivity contribution < 1.29 is 49.9 Å². The average Bonchev–Trinajstić information content (AvgIpc) is 4.07. The number of imide groups is 1. The van der Waals surface area contributed by atoms with Crippen LogP contribution in [0.2, 0.25) is 5.02 Å². The highest BCUT2D eigenvalue weighted by molar-refractivity contribution is 7.94. The van der Waals surface area contributed by atoms with E-state index in [1.54, 1.807) is 45.9 Å². The van der Waals surface area contributed by atoms with Gasteiger partial charge in [0.05, 0.1) is 41.9 Å². The van der Waals surface area contributed by atoms with E-state index in [9.17, 15) is 36.0 Å². The molecule has 3 fully saturated rings. The number of hydrogen-bond donors (Lipinski definition) is 2. The van der Waals surface area contributed by atoms with E-state index in [2.05, 4.69) is 21.9 Å². The second-order valence-corrected chi connectivity index (χ2v) is 17.4. The van der Waals surface area contributed by atoms with Crippen molar-refractivity contribution in [2.75, 3.05) is 18.0 Å². The summed E-state index contributed by atoms with van der Waals surface area (Å²) in [7, 11) is -3.07. The van der Waals surface area contributed by atoms with Crippen LogP contribution >= 0.6 is 11.6 Å². The maximum Gasteiger partial charge on any atom is 0.425 e. The number of ether oxygens (including phenoxy) is 2. The molecule has 3 aromatic rings. The van der Waals surface area contributed by atoms with Gasteiger partial charge in [0.25, 0.3) is 5.91 Å². The van der Waals surface area contributed by atoms with E-state index in [4.69, 9.17) is 26.8 Å². The second kappa shape index (κ2) is 14.3. The summed E-state index contributed by atoms with van der Waals surface area (Å²) in [5.41, 5.74) is 2.57. The number of benzene rings is 1. The molecule has 3 heterocycles. The van der Waals surface area contributed by atoms with Gasteiger partial charge in [-0.3, -0.25) is 15.1 Å². The summed E-state index contributed by atoms with van der Waals surface area (Å²) < 4.78 is 80.4. The number of pyridine rings is 2. The molecule has 3 N–H and O–H groups in total. The number of likely N-dealkylation sites (tertiary alicyclic amines) is 1. The molecule has 13 nitrogen and oxygen atoms in total. The van der Waals surface area contributed by atoms with Crippen LogP contribution in [0.3, 0.4) is 0 Å². The molecule has 2 aliphatic carbocycles. The van der Waals surface area contributed by atoms with E-state index in [-0.39, 0.29) is 31.7 Å². The molecule has 0 bridgehead atoms. The molecule has 55 heavy (non-hydrogen) atoms. The number of halogens is 4. The third-order valence-corrected chi connectivity index (χ3v) is 13.6. The van der Waals surface area contributed by atoms with Crippen molar-refractivity contribution in [2.45, 2.75) is 82.1 Å². The van der Waals surface area contributed by atoms with Gasteiger partial charge in [-0.05, 0) is 56.4 Å². The average molecular weight is 808 g/mol. The van der Waals surface area contributed by atoms with Gasteiger partial charge in [0.1, 0.15) is 29.9 Å². The fourth-order valence-corrected chi connectivity index (χ4v) is 9.31. The Morgan fingerprint density at radius 2 is 1.84 bits per heavy atom. The van der Waals surface area contributed by atoms with Gasteiger partial charge in [-0.15, -0.1) is 6.58 Å². The monoisotopic (exact) mass is 807 g/mol. The third kappa shape index (κ3) is 6.93. The quantitative estimate of drug-likeness (QED) is 0.184. The van der Waals surface area contributed by atoms with Crippen LogP contribution < -0.4 is 24.8 Å². The number of nitrogens with two attached hydrogens (primary N) is 1. The van der Waals surface area contributed by atoms with Crippen molar-refractivity contribution >= 4 is 55.9 Å². The molecule has 0 spiro atoms. The van der Waals surface area contributed by atoms with Gasteiger partial charge >= 0.3 is 18.1 Å². The van der Waals surface area contributed by atoms with Crippen molar-refractivity contribution in [3.63, 3.8) is 0 Å². The van der Waals surface area contributed by atoms with Gasteiger partial charge in [-0.1, -0.05) is 38.4 Å². The summed E-state index contributed by atoms with van der Waals surface area (Å²) in [6.45, 7) is 10.4. The van der Waals surface area contributed by atoms with Crippen LogP contribution in [0.5, 0.6) is 11.6 Å². The van der Waals surface area contributed by atoms with Crippen molar-refractivity contribution in [3.8, 4) is 11.6 Å². The lowest BCUT2D eigenvalue weighted by Crippen LogP contribution is -2.70. The number of sulfonamides is 1. The maximum atomic E-state index is 15.0. The molecule has 6 rings (SSSR count). The predicted octanol–water partition coefficient (Wildman–Crippen LogP) is 5.60. The maximum absolute atomic E-state index is 15.0. The van der Waals surface area contributed by atoms with E-state index in [1.165, 1.54) is 19.4 Å². The number of hydrogen-bond acceptors (Lipinski definition) is 10. The number of carbonyl (C=O) groups is 3. The Kier molecular flexibility index (Phi) is 10.5. The van der Waals surface area contributed by atoms with Gasteiger partial charge in [-0.25, -0.2) is 27.3 Å². The lowest BCUT2D eigenvalue weighted by Gasteiger charge is -2.37. The minimum atomic E-state index is -4.90. The lowest BCUT2D eigenvalue weighted by atomic mass is 9.99. The number of quaternary nitrogens is 1. The van der Waals surface area contributed by atoms with Crippen LogP contribution in [-0.2, 0) is 25.8 Å². The SMILES string of the molecule is C=C[C@@H]1C[C@]1(NC(=O)[N+]1(C(=O)C(N)C(C)C)C[C@H](Oc2ncc(OC)c3ccc(Cl)cc23)C(C)C1C)C(=O)N(c1cncc(C(F)(F)F)c1)S(=O)(=O)C1CC1. The molecule has 0 radical (unpaired) electrons. The van der Waals surface area contributed by atoms with Crippen molar-refractivity contribution in [3.05, 3.63) is 66.1 Å². The molecule has 7 atom stereocenters. The number of nitrogens with one attached hydrogen (secondary N) is 1. The third-order valence-electron chi connectivity index (χ3n) is 11.2. The first-order chi connectivity index (χ1) is 25.7. The molecule has 4 amide bonds. The van der Waals surface area contributed by atoms with E-state index >= 15 is 0 Å². The predicted molar refractivity (Wildman–Crippen MR) is 198 cm³/mol. The van der Waals surface area contributed by atoms with E-state index in [1.807, 2.05) is 0 Å². The number of methoxy groups -OCH3 is 1. The molecule has 2 saturated carbocycles. The molecular weight excluding hydrogens is 765 g/mol. The van der Waals surface area contributed by atoms with E-state index < -0.39 is 96.5 Å². The Balaban J connectivity index is 1.41. The van der Waals surface area contributed by atoms with Gasteiger partial charge in [-0.2, -0.15) is 17.7 Å². The number of rotatable bonds is 11. The molecule has 2 aromatic heterocycles.